The third-order valence-corrected chi connectivity index (χ3v) is 6.70. The van der Waals surface area contributed by atoms with E-state index in [1.807, 2.05) is 16.4 Å². The number of benzene rings is 1. The van der Waals surface area contributed by atoms with Crippen molar-refractivity contribution in [1.82, 2.24) is 29.9 Å². The molecule has 2 aromatic rings. The van der Waals surface area contributed by atoms with Crippen LogP contribution < -0.4 is 5.32 Å². The minimum atomic E-state index is -4.37. The zero-order chi connectivity index (χ0) is 23.6. The first-order chi connectivity index (χ1) is 15.7. The van der Waals surface area contributed by atoms with Crippen LogP contribution in [0, 0.1) is 5.92 Å². The molecule has 0 aliphatic carbocycles. The number of carbonyl (C=O) groups is 1. The molecule has 1 amide bonds. The second kappa shape index (κ2) is 9.80. The van der Waals surface area contributed by atoms with Crippen molar-refractivity contribution in [3.8, 4) is 0 Å². The third-order valence-electron chi connectivity index (χ3n) is 6.70. The number of nitrogens with one attached hydrogen (secondary N) is 1. The molecule has 0 radical (unpaired) electrons. The number of carbonyl (C=O) groups excluding carboxylic acids is 1. The monoisotopic (exact) mass is 464 g/mol. The Kier molecular flexibility index (Phi) is 7.04. The lowest BCUT2D eigenvalue weighted by molar-refractivity contribution is -0.138. The molecular formula is C23H31F3N6O. The first-order valence-electron chi connectivity index (χ1n) is 11.5. The zero-order valence-corrected chi connectivity index (χ0v) is 19.1. The van der Waals surface area contributed by atoms with E-state index >= 15 is 0 Å². The van der Waals surface area contributed by atoms with Gasteiger partial charge in [0.2, 0.25) is 5.91 Å². The number of halogens is 3. The van der Waals surface area contributed by atoms with E-state index in [4.69, 9.17) is 0 Å². The van der Waals surface area contributed by atoms with Gasteiger partial charge < -0.3 is 14.8 Å². The summed E-state index contributed by atoms with van der Waals surface area (Å²) in [6.45, 7) is 5.72. The maximum atomic E-state index is 13.4. The van der Waals surface area contributed by atoms with Crippen LogP contribution in [-0.2, 0) is 30.5 Å². The maximum absolute atomic E-state index is 13.4. The number of aromatic nitrogens is 3. The minimum absolute atomic E-state index is 0.0133. The number of amides is 1. The molecule has 1 unspecified atom stereocenters. The average Bonchev–Trinajstić information content (AvgIpc) is 3.08. The van der Waals surface area contributed by atoms with Crippen molar-refractivity contribution < 1.29 is 18.0 Å². The highest BCUT2D eigenvalue weighted by atomic mass is 19.4. The summed E-state index contributed by atoms with van der Waals surface area (Å²) in [6.07, 6.45) is -2.08. The van der Waals surface area contributed by atoms with Gasteiger partial charge in [0.15, 0.2) is 5.82 Å². The number of rotatable bonds is 5. The number of fused-ring (bicyclic) bond motifs is 1. The Labute approximate surface area is 192 Å². The van der Waals surface area contributed by atoms with Crippen LogP contribution in [0.25, 0.3) is 0 Å². The number of piperidine rings is 1. The van der Waals surface area contributed by atoms with Gasteiger partial charge in [-0.3, -0.25) is 9.69 Å². The van der Waals surface area contributed by atoms with Crippen LogP contribution in [0.3, 0.4) is 0 Å². The quantitative estimate of drug-likeness (QED) is 0.737. The number of likely N-dealkylation sites (tertiary alicyclic amines) is 1. The fraction of sp³-hybridized carbons (Fsp3) is 0.609. The highest BCUT2D eigenvalue weighted by Crippen LogP contribution is 2.32. The highest BCUT2D eigenvalue weighted by molar-refractivity contribution is 5.79. The van der Waals surface area contributed by atoms with Crippen LogP contribution in [0.15, 0.2) is 24.3 Å². The lowest BCUT2D eigenvalue weighted by Crippen LogP contribution is -2.40. The number of alkyl halides is 3. The summed E-state index contributed by atoms with van der Waals surface area (Å²) in [6, 6.07) is 5.46. The molecule has 4 rings (SSSR count). The molecule has 33 heavy (non-hydrogen) atoms. The number of hydrogen-bond donors (Lipinski definition) is 1. The topological polar surface area (TPSA) is 66.3 Å². The van der Waals surface area contributed by atoms with Gasteiger partial charge in [0, 0.05) is 38.5 Å². The summed E-state index contributed by atoms with van der Waals surface area (Å²) in [4.78, 5) is 17.0. The largest absolute Gasteiger partial charge is 0.416 e. The Morgan fingerprint density at radius 2 is 1.85 bits per heavy atom. The maximum Gasteiger partial charge on any atom is 0.416 e. The lowest BCUT2D eigenvalue weighted by atomic mass is 9.96. The smallest absolute Gasteiger partial charge is 0.346 e. The Bertz CT molecular complexity index is 967. The van der Waals surface area contributed by atoms with E-state index in [0.717, 1.165) is 37.8 Å². The molecule has 3 heterocycles. The summed E-state index contributed by atoms with van der Waals surface area (Å²) in [5.74, 6) is 1.56. The van der Waals surface area contributed by atoms with E-state index in [2.05, 4.69) is 27.5 Å². The molecule has 2 aliphatic heterocycles. The molecule has 1 fully saturated rings. The predicted octanol–water partition coefficient (Wildman–Crippen LogP) is 2.87. The SMILES string of the molecule is CC(NC(=O)C1CCN(C)CC1)c1nnc2n1CCN(Cc1ccccc1C(F)(F)F)CC2. The molecule has 1 saturated heterocycles. The normalized spacial score (nSPS) is 19.7. The molecule has 1 aromatic heterocycles. The summed E-state index contributed by atoms with van der Waals surface area (Å²) in [7, 11) is 2.06. The van der Waals surface area contributed by atoms with Crippen molar-refractivity contribution in [2.75, 3.05) is 33.2 Å². The van der Waals surface area contributed by atoms with Crippen molar-refractivity contribution in [1.29, 1.82) is 0 Å². The molecule has 2 aliphatic rings. The lowest BCUT2D eigenvalue weighted by Gasteiger charge is -2.29. The number of nitrogens with zero attached hydrogens (tertiary/aromatic N) is 5. The van der Waals surface area contributed by atoms with Crippen LogP contribution in [0.2, 0.25) is 0 Å². The van der Waals surface area contributed by atoms with Gasteiger partial charge >= 0.3 is 6.18 Å². The third kappa shape index (κ3) is 5.55. The molecule has 0 bridgehead atoms. The van der Waals surface area contributed by atoms with Crippen LogP contribution in [0.5, 0.6) is 0 Å². The second-order valence-corrected chi connectivity index (χ2v) is 9.11. The van der Waals surface area contributed by atoms with Gasteiger partial charge in [0.1, 0.15) is 5.82 Å². The molecule has 180 valence electrons. The first kappa shape index (κ1) is 23.7. The number of hydrogen-bond acceptors (Lipinski definition) is 5. The van der Waals surface area contributed by atoms with E-state index in [1.54, 1.807) is 12.1 Å². The van der Waals surface area contributed by atoms with E-state index in [9.17, 15) is 18.0 Å². The molecule has 1 atom stereocenters. The van der Waals surface area contributed by atoms with Gasteiger partial charge in [0.25, 0.3) is 0 Å². The Morgan fingerprint density at radius 1 is 1.12 bits per heavy atom. The summed E-state index contributed by atoms with van der Waals surface area (Å²) < 4.78 is 42.1. The van der Waals surface area contributed by atoms with Gasteiger partial charge in [-0.2, -0.15) is 13.2 Å². The Balaban J connectivity index is 1.39. The molecule has 0 spiro atoms. The van der Waals surface area contributed by atoms with Gasteiger partial charge in [0.05, 0.1) is 11.6 Å². The van der Waals surface area contributed by atoms with Crippen LogP contribution in [-0.4, -0.2) is 63.7 Å². The van der Waals surface area contributed by atoms with E-state index in [-0.39, 0.29) is 30.0 Å². The van der Waals surface area contributed by atoms with Gasteiger partial charge in [-0.25, -0.2) is 0 Å². The predicted molar refractivity (Wildman–Crippen MR) is 117 cm³/mol. The van der Waals surface area contributed by atoms with Crippen LogP contribution in [0.1, 0.15) is 48.6 Å². The van der Waals surface area contributed by atoms with Crippen molar-refractivity contribution in [3.63, 3.8) is 0 Å². The van der Waals surface area contributed by atoms with Crippen molar-refractivity contribution in [3.05, 3.63) is 47.0 Å². The molecule has 7 nitrogen and oxygen atoms in total. The Hall–Kier alpha value is -2.46. The van der Waals surface area contributed by atoms with Gasteiger partial charge in [-0.1, -0.05) is 18.2 Å². The molecule has 1 N–H and O–H groups in total. The minimum Gasteiger partial charge on any atom is -0.346 e. The van der Waals surface area contributed by atoms with E-state index in [1.165, 1.54) is 6.07 Å². The standard InChI is InChI=1S/C23H31F3N6O/c1-16(27-22(33)17-7-10-30(2)11-8-17)21-29-28-20-9-12-31(13-14-32(20)21)15-18-5-3-4-6-19(18)23(24,25)26/h3-6,16-17H,7-15H2,1-2H3,(H,27,33). The summed E-state index contributed by atoms with van der Waals surface area (Å²) in [5, 5.41) is 11.7. The summed E-state index contributed by atoms with van der Waals surface area (Å²) in [5.41, 5.74) is -0.304. The molecular weight excluding hydrogens is 433 g/mol. The van der Waals surface area contributed by atoms with Gasteiger partial charge in [-0.05, 0) is 51.5 Å². The summed E-state index contributed by atoms with van der Waals surface area (Å²) >= 11 is 0. The average molecular weight is 465 g/mol. The second-order valence-electron chi connectivity index (χ2n) is 9.11. The van der Waals surface area contributed by atoms with Crippen molar-refractivity contribution in [2.45, 2.75) is 51.5 Å². The fourth-order valence-corrected chi connectivity index (χ4v) is 4.71. The fourth-order valence-electron chi connectivity index (χ4n) is 4.71. The highest BCUT2D eigenvalue weighted by Gasteiger charge is 2.33. The Morgan fingerprint density at radius 3 is 2.58 bits per heavy atom. The molecule has 10 heteroatoms. The zero-order valence-electron chi connectivity index (χ0n) is 19.1. The van der Waals surface area contributed by atoms with E-state index in [0.29, 0.717) is 31.9 Å². The van der Waals surface area contributed by atoms with Crippen molar-refractivity contribution in [2.24, 2.45) is 5.92 Å². The van der Waals surface area contributed by atoms with Crippen molar-refractivity contribution >= 4 is 5.91 Å². The van der Waals surface area contributed by atoms with Gasteiger partial charge in [-0.15, -0.1) is 10.2 Å². The van der Waals surface area contributed by atoms with Crippen LogP contribution in [0.4, 0.5) is 13.2 Å². The van der Waals surface area contributed by atoms with Crippen LogP contribution >= 0.6 is 0 Å². The molecule has 0 saturated carbocycles. The molecule has 1 aromatic carbocycles. The van der Waals surface area contributed by atoms with E-state index < -0.39 is 11.7 Å². The first-order valence-corrected chi connectivity index (χ1v) is 11.5.